The van der Waals surface area contributed by atoms with Crippen LogP contribution in [0.1, 0.15) is 37.8 Å². The number of nitrogens with one attached hydrogen (secondary N) is 2. The lowest BCUT2D eigenvalue weighted by atomic mass is 9.97. The quantitative estimate of drug-likeness (QED) is 0.189. The average Bonchev–Trinajstić information content (AvgIpc) is 2.98. The van der Waals surface area contributed by atoms with E-state index in [0.717, 1.165) is 16.3 Å². The molecular formula is C33H43N3O6S2. The van der Waals surface area contributed by atoms with Crippen LogP contribution in [0.15, 0.2) is 72.8 Å². The van der Waals surface area contributed by atoms with Gasteiger partial charge in [0.1, 0.15) is 11.8 Å². The lowest BCUT2D eigenvalue weighted by Crippen LogP contribution is -2.51. The summed E-state index contributed by atoms with van der Waals surface area (Å²) in [4.78, 5) is 40.0. The van der Waals surface area contributed by atoms with Crippen molar-refractivity contribution < 1.29 is 27.9 Å². The fourth-order valence-electron chi connectivity index (χ4n) is 5.05. The first-order valence-corrected chi connectivity index (χ1v) is 18.0. The summed E-state index contributed by atoms with van der Waals surface area (Å²) in [7, 11) is -3.71. The Labute approximate surface area is 264 Å². The van der Waals surface area contributed by atoms with Gasteiger partial charge in [-0.05, 0) is 46.2 Å². The number of fused-ring (bicyclic) bond motifs is 1. The highest BCUT2D eigenvalue weighted by atomic mass is 32.2. The zero-order chi connectivity index (χ0) is 32.1. The van der Waals surface area contributed by atoms with Gasteiger partial charge in [0.25, 0.3) is 0 Å². The minimum Gasteiger partial charge on any atom is -0.480 e. The van der Waals surface area contributed by atoms with Crippen LogP contribution in [0, 0.1) is 5.92 Å². The minimum atomic E-state index is -3.71. The molecule has 3 rings (SSSR count). The number of carbonyl (C=O) groups is 3. The van der Waals surface area contributed by atoms with E-state index in [-0.39, 0.29) is 24.8 Å². The molecule has 1 unspecified atom stereocenters. The summed E-state index contributed by atoms with van der Waals surface area (Å²) < 4.78 is 25.6. The molecule has 44 heavy (non-hydrogen) atoms. The maximum absolute atomic E-state index is 13.2. The highest BCUT2D eigenvalue weighted by molar-refractivity contribution is 7.98. The summed E-state index contributed by atoms with van der Waals surface area (Å²) in [6.45, 7) is 4.50. The number of amides is 2. The third kappa shape index (κ3) is 11.3. The second-order valence-electron chi connectivity index (χ2n) is 11.1. The molecule has 0 saturated heterocycles. The fourth-order valence-corrected chi connectivity index (χ4v) is 6.81. The van der Waals surface area contributed by atoms with Gasteiger partial charge in [-0.2, -0.15) is 11.8 Å². The maximum atomic E-state index is 13.2. The van der Waals surface area contributed by atoms with Gasteiger partial charge in [0.2, 0.25) is 11.8 Å². The zero-order valence-corrected chi connectivity index (χ0v) is 27.2. The Morgan fingerprint density at radius 1 is 0.932 bits per heavy atom. The number of nitrogens with zero attached hydrogens (tertiary/aromatic N) is 1. The number of benzene rings is 3. The first-order valence-electron chi connectivity index (χ1n) is 14.7. The Morgan fingerprint density at radius 3 is 2.30 bits per heavy atom. The number of thioether (sulfide) groups is 1. The van der Waals surface area contributed by atoms with Crippen LogP contribution in [-0.4, -0.2) is 79.1 Å². The van der Waals surface area contributed by atoms with Gasteiger partial charge >= 0.3 is 5.97 Å². The predicted octanol–water partition coefficient (Wildman–Crippen LogP) is 4.11. The number of carboxylic acid groups (broad SMARTS) is 1. The largest absolute Gasteiger partial charge is 0.480 e. The van der Waals surface area contributed by atoms with Crippen molar-refractivity contribution in [2.24, 2.45) is 5.92 Å². The van der Waals surface area contributed by atoms with Gasteiger partial charge < -0.3 is 15.7 Å². The van der Waals surface area contributed by atoms with Gasteiger partial charge in [0.15, 0.2) is 9.84 Å². The first kappa shape index (κ1) is 35.1. The molecule has 238 valence electrons. The van der Waals surface area contributed by atoms with Crippen LogP contribution in [0.4, 0.5) is 0 Å². The molecule has 0 heterocycles. The summed E-state index contributed by atoms with van der Waals surface area (Å²) >= 11 is 1.51. The number of carbonyl (C=O) groups excluding carboxylic acids is 2. The first-order chi connectivity index (χ1) is 21.0. The number of aliphatic carboxylic acids is 1. The molecule has 11 heteroatoms. The zero-order valence-electron chi connectivity index (χ0n) is 25.6. The molecule has 0 radical (unpaired) electrons. The Bertz CT molecular complexity index is 1490. The van der Waals surface area contributed by atoms with Gasteiger partial charge in [0.05, 0.1) is 12.3 Å². The van der Waals surface area contributed by atoms with Gasteiger partial charge in [-0.1, -0.05) is 93.1 Å². The van der Waals surface area contributed by atoms with E-state index in [0.29, 0.717) is 30.7 Å². The van der Waals surface area contributed by atoms with Crippen LogP contribution in [0.2, 0.25) is 0 Å². The van der Waals surface area contributed by atoms with Crippen molar-refractivity contribution in [3.05, 3.63) is 83.9 Å². The molecular weight excluding hydrogens is 599 g/mol. The van der Waals surface area contributed by atoms with Gasteiger partial charge in [0, 0.05) is 19.1 Å². The second-order valence-corrected chi connectivity index (χ2v) is 14.2. The highest BCUT2D eigenvalue weighted by Gasteiger charge is 2.27. The average molecular weight is 642 g/mol. The Kier molecular flexibility index (Phi) is 13.7. The number of sulfone groups is 1. The lowest BCUT2D eigenvalue weighted by molar-refractivity contribution is -0.142. The number of rotatable bonds is 18. The van der Waals surface area contributed by atoms with E-state index in [1.807, 2.05) is 67.5 Å². The van der Waals surface area contributed by atoms with Crippen molar-refractivity contribution in [1.29, 1.82) is 0 Å². The fraction of sp³-hybridized carbons (Fsp3) is 0.424. The van der Waals surface area contributed by atoms with Crippen LogP contribution in [-0.2, 0) is 36.5 Å². The molecule has 0 bridgehead atoms. The number of hydrogen-bond donors (Lipinski definition) is 3. The molecule has 0 spiro atoms. The summed E-state index contributed by atoms with van der Waals surface area (Å²) in [5, 5.41) is 17.3. The molecule has 2 amide bonds. The maximum Gasteiger partial charge on any atom is 0.326 e. The SMILES string of the molecule is CCC(C)[C@@H](CN(CC(=O)N[C@@H](CCSC)C(=O)O)Cc1cccc2ccccc12)NC(=O)CS(=O)(=O)Cc1ccccc1. The third-order valence-electron chi connectivity index (χ3n) is 7.60. The molecule has 3 atom stereocenters. The topological polar surface area (TPSA) is 133 Å². The number of hydrogen-bond acceptors (Lipinski definition) is 7. The van der Waals surface area contributed by atoms with Gasteiger partial charge in [-0.3, -0.25) is 14.5 Å². The van der Waals surface area contributed by atoms with Crippen LogP contribution in [0.25, 0.3) is 10.8 Å². The van der Waals surface area contributed by atoms with Crippen LogP contribution >= 0.6 is 11.8 Å². The van der Waals surface area contributed by atoms with Crippen LogP contribution in [0.3, 0.4) is 0 Å². The van der Waals surface area contributed by atoms with Gasteiger partial charge in [-0.25, -0.2) is 13.2 Å². The molecule has 3 aromatic carbocycles. The Balaban J connectivity index is 1.81. The molecule has 3 aromatic rings. The number of carboxylic acids is 1. The minimum absolute atomic E-state index is 0.0257. The molecule has 0 aliphatic carbocycles. The summed E-state index contributed by atoms with van der Waals surface area (Å²) in [6, 6.07) is 21.2. The van der Waals surface area contributed by atoms with Crippen molar-refractivity contribution in [3.63, 3.8) is 0 Å². The van der Waals surface area contributed by atoms with Crippen molar-refractivity contribution in [2.45, 2.75) is 51.1 Å². The molecule has 0 aliphatic rings. The van der Waals surface area contributed by atoms with Crippen molar-refractivity contribution in [1.82, 2.24) is 15.5 Å². The van der Waals surface area contributed by atoms with E-state index >= 15 is 0 Å². The van der Waals surface area contributed by atoms with E-state index in [2.05, 4.69) is 10.6 Å². The highest BCUT2D eigenvalue weighted by Crippen LogP contribution is 2.21. The van der Waals surface area contributed by atoms with Crippen molar-refractivity contribution in [2.75, 3.05) is 30.9 Å². The molecule has 3 N–H and O–H groups in total. The molecule has 0 saturated carbocycles. The van der Waals surface area contributed by atoms with Crippen LogP contribution < -0.4 is 10.6 Å². The second kappa shape index (κ2) is 17.2. The summed E-state index contributed by atoms with van der Waals surface area (Å²) in [5.74, 6) is -2.43. The lowest BCUT2D eigenvalue weighted by Gasteiger charge is -2.31. The molecule has 0 fully saturated rings. The monoisotopic (exact) mass is 641 g/mol. The van der Waals surface area contributed by atoms with Crippen LogP contribution in [0.5, 0.6) is 0 Å². The Morgan fingerprint density at radius 2 is 1.61 bits per heavy atom. The van der Waals surface area contributed by atoms with Crippen molar-refractivity contribution in [3.8, 4) is 0 Å². The Hall–Kier alpha value is -3.41. The smallest absolute Gasteiger partial charge is 0.326 e. The molecule has 9 nitrogen and oxygen atoms in total. The summed E-state index contributed by atoms with van der Waals surface area (Å²) in [6.07, 6.45) is 2.89. The van der Waals surface area contributed by atoms with E-state index in [4.69, 9.17) is 0 Å². The normalized spacial score (nSPS) is 13.7. The standard InChI is InChI=1S/C33H43N3O6S2/c1-4-24(2)30(35-32(38)23-44(41,42)22-25-11-6-5-7-12-25)20-36(21-31(37)34-29(33(39)40)17-18-43-3)19-27-15-10-14-26-13-8-9-16-28(26)27/h5-16,24,29-30H,4,17-23H2,1-3H3,(H,34,37)(H,35,38)(H,39,40)/t24?,29-,30+/m0/s1. The van der Waals surface area contributed by atoms with Gasteiger partial charge in [-0.15, -0.1) is 0 Å². The predicted molar refractivity (Wildman–Crippen MR) is 177 cm³/mol. The third-order valence-corrected chi connectivity index (χ3v) is 9.72. The molecule has 0 aliphatic heterocycles. The summed E-state index contributed by atoms with van der Waals surface area (Å²) in [5.41, 5.74) is 1.59. The van der Waals surface area contributed by atoms with E-state index < -0.39 is 45.5 Å². The molecule has 0 aromatic heterocycles. The van der Waals surface area contributed by atoms with E-state index in [9.17, 15) is 27.9 Å². The van der Waals surface area contributed by atoms with E-state index in [1.165, 1.54) is 11.8 Å². The van der Waals surface area contributed by atoms with E-state index in [1.54, 1.807) is 30.3 Å². The van der Waals surface area contributed by atoms with Crippen molar-refractivity contribution >= 4 is 50.2 Å².